The molecule has 0 spiro atoms. The van der Waals surface area contributed by atoms with Gasteiger partial charge in [-0.25, -0.2) is 22.8 Å². The van der Waals surface area contributed by atoms with Crippen LogP contribution in [0.4, 0.5) is 10.1 Å². The third kappa shape index (κ3) is 10.3. The van der Waals surface area contributed by atoms with Crippen molar-refractivity contribution < 1.29 is 50.8 Å². The normalized spacial score (nSPS) is 12.0. The Morgan fingerprint density at radius 2 is 1.61 bits per heavy atom. The molecule has 1 amide bonds. The summed E-state index contributed by atoms with van der Waals surface area (Å²) < 4.78 is 57.1. The van der Waals surface area contributed by atoms with Crippen LogP contribution in [0.2, 0.25) is 0 Å². The van der Waals surface area contributed by atoms with Crippen LogP contribution in [0.25, 0.3) is 11.0 Å². The number of nitrogens with zero attached hydrogens (tertiary/aromatic N) is 1. The van der Waals surface area contributed by atoms with Crippen LogP contribution in [0, 0.1) is 5.82 Å². The molecule has 44 heavy (non-hydrogen) atoms. The topological polar surface area (TPSA) is 160 Å². The molecule has 2 aromatic carbocycles. The summed E-state index contributed by atoms with van der Waals surface area (Å²) >= 11 is 0. The lowest BCUT2D eigenvalue weighted by Crippen LogP contribution is -2.41. The van der Waals surface area contributed by atoms with E-state index in [9.17, 15) is 28.1 Å². The second kappa shape index (κ2) is 16.1. The lowest BCUT2D eigenvalue weighted by atomic mass is 10.1. The monoisotopic (exact) mass is 636 g/mol. The number of hydrogen-bond donors (Lipinski definition) is 1. The highest BCUT2D eigenvalue weighted by atomic mass is 31.2. The molecule has 1 aromatic heterocycles. The second-order valence-corrected chi connectivity index (χ2v) is 11.0. The first-order valence-electron chi connectivity index (χ1n) is 13.6. The first kappa shape index (κ1) is 34.4. The molecule has 0 unspecified atom stereocenters. The van der Waals surface area contributed by atoms with Gasteiger partial charge in [0.05, 0.1) is 12.6 Å². The molecule has 13 nitrogen and oxygen atoms in total. The molecule has 3 rings (SSSR count). The number of halogens is 1. The summed E-state index contributed by atoms with van der Waals surface area (Å²) in [4.78, 5) is 50.5. The maximum absolute atomic E-state index is 13.9. The Morgan fingerprint density at radius 1 is 0.955 bits per heavy atom. The van der Waals surface area contributed by atoms with Crippen LogP contribution >= 0.6 is 7.82 Å². The van der Waals surface area contributed by atoms with Gasteiger partial charge in [-0.15, -0.1) is 0 Å². The highest BCUT2D eigenvalue weighted by Crippen LogP contribution is 2.49. The number of phosphoric ester groups is 1. The quantitative estimate of drug-likeness (QED) is 0.103. The first-order chi connectivity index (χ1) is 20.9. The Kier molecular flexibility index (Phi) is 12.6. The van der Waals surface area contributed by atoms with Gasteiger partial charge in [0, 0.05) is 44.1 Å². The standard InChI is InChI=1S/C29H34FN2O11P/c1-5-32(6-2)25-11-10-22-14-26(29(36)43-27(22)15-25)28(35)31-24(13-21-8-7-9-23(30)12-21)16-40-44(37,41-17-38-19(3)33)42-18-39-20(4)34/h7-12,14-15,24H,5-6,13,16-18H2,1-4H3,(H,31,35)/t24-/m1/s1. The molecule has 0 saturated carbocycles. The Morgan fingerprint density at radius 3 is 2.20 bits per heavy atom. The fraction of sp³-hybridized carbons (Fsp3) is 0.379. The zero-order chi connectivity index (χ0) is 32.3. The number of carbonyl (C=O) groups excluding carboxylic acids is 3. The Balaban J connectivity index is 1.85. The van der Waals surface area contributed by atoms with Gasteiger partial charge in [0.15, 0.2) is 0 Å². The largest absolute Gasteiger partial charge is 0.480 e. The van der Waals surface area contributed by atoms with Crippen molar-refractivity contribution >= 4 is 42.3 Å². The molecule has 0 saturated heterocycles. The minimum Gasteiger partial charge on any atom is -0.438 e. The van der Waals surface area contributed by atoms with Crippen LogP contribution in [0.3, 0.4) is 0 Å². The number of amides is 1. The van der Waals surface area contributed by atoms with E-state index < -0.39 is 63.3 Å². The minimum atomic E-state index is -4.54. The van der Waals surface area contributed by atoms with Gasteiger partial charge >= 0.3 is 25.4 Å². The molecule has 1 N–H and O–H groups in total. The molecule has 0 aliphatic heterocycles. The van der Waals surface area contributed by atoms with Crippen molar-refractivity contribution in [3.05, 3.63) is 75.9 Å². The summed E-state index contributed by atoms with van der Waals surface area (Å²) in [6.45, 7) is 5.49. The Bertz CT molecular complexity index is 1550. The number of fused-ring (bicyclic) bond motifs is 1. The predicted octanol–water partition coefficient (Wildman–Crippen LogP) is 4.32. The molecule has 0 radical (unpaired) electrons. The molecular formula is C29H34FN2O11P. The molecule has 1 heterocycles. The fourth-order valence-electron chi connectivity index (χ4n) is 4.05. The van der Waals surface area contributed by atoms with Crippen LogP contribution in [-0.2, 0) is 43.6 Å². The average molecular weight is 637 g/mol. The van der Waals surface area contributed by atoms with Gasteiger partial charge in [0.2, 0.25) is 13.6 Å². The molecular weight excluding hydrogens is 602 g/mol. The number of phosphoric acid groups is 1. The summed E-state index contributed by atoms with van der Waals surface area (Å²) in [6, 6.07) is 11.2. The molecule has 0 fully saturated rings. The molecule has 0 bridgehead atoms. The van der Waals surface area contributed by atoms with E-state index in [1.54, 1.807) is 18.2 Å². The zero-order valence-corrected chi connectivity index (χ0v) is 25.6. The summed E-state index contributed by atoms with van der Waals surface area (Å²) in [5.41, 5.74) is 0.387. The smallest absolute Gasteiger partial charge is 0.438 e. The van der Waals surface area contributed by atoms with Gasteiger partial charge in [-0.1, -0.05) is 12.1 Å². The highest BCUT2D eigenvalue weighted by Gasteiger charge is 2.31. The van der Waals surface area contributed by atoms with E-state index in [-0.39, 0.29) is 12.0 Å². The summed E-state index contributed by atoms with van der Waals surface area (Å²) in [5, 5.41) is 3.12. The van der Waals surface area contributed by atoms with Crippen LogP contribution < -0.4 is 15.8 Å². The summed E-state index contributed by atoms with van der Waals surface area (Å²) in [6.07, 6.45) is -0.0382. The van der Waals surface area contributed by atoms with Crippen molar-refractivity contribution in [3.63, 3.8) is 0 Å². The van der Waals surface area contributed by atoms with Crippen LogP contribution in [0.5, 0.6) is 0 Å². The third-order valence-electron chi connectivity index (χ3n) is 6.18. The van der Waals surface area contributed by atoms with Gasteiger partial charge in [-0.2, -0.15) is 0 Å². The number of carbonyl (C=O) groups is 3. The van der Waals surface area contributed by atoms with Crippen LogP contribution in [0.1, 0.15) is 43.6 Å². The lowest BCUT2D eigenvalue weighted by Gasteiger charge is -2.23. The predicted molar refractivity (Wildman–Crippen MR) is 156 cm³/mol. The van der Waals surface area contributed by atoms with Gasteiger partial charge in [0.1, 0.15) is 17.0 Å². The zero-order valence-electron chi connectivity index (χ0n) is 24.7. The maximum atomic E-state index is 13.9. The number of ether oxygens (including phenoxy) is 2. The average Bonchev–Trinajstić information content (AvgIpc) is 2.96. The van der Waals surface area contributed by atoms with E-state index in [1.807, 2.05) is 19.9 Å². The van der Waals surface area contributed by atoms with E-state index in [2.05, 4.69) is 19.7 Å². The molecule has 238 valence electrons. The van der Waals surface area contributed by atoms with E-state index in [4.69, 9.17) is 18.0 Å². The van der Waals surface area contributed by atoms with E-state index in [1.165, 1.54) is 24.3 Å². The van der Waals surface area contributed by atoms with Gasteiger partial charge in [-0.3, -0.25) is 18.9 Å². The van der Waals surface area contributed by atoms with E-state index in [0.29, 0.717) is 16.5 Å². The molecule has 15 heteroatoms. The fourth-order valence-corrected chi connectivity index (χ4v) is 5.00. The molecule has 0 aliphatic carbocycles. The van der Waals surface area contributed by atoms with Gasteiger partial charge < -0.3 is 24.1 Å². The number of hydrogen-bond acceptors (Lipinski definition) is 12. The minimum absolute atomic E-state index is 0.0382. The van der Waals surface area contributed by atoms with Crippen LogP contribution in [-0.4, -0.2) is 57.2 Å². The second-order valence-electron chi connectivity index (χ2n) is 9.36. The number of benzene rings is 2. The first-order valence-corrected chi connectivity index (χ1v) is 15.1. The molecule has 3 aromatic rings. The Hall–Kier alpha value is -4.10. The van der Waals surface area contributed by atoms with Crippen LogP contribution in [0.15, 0.2) is 57.7 Å². The van der Waals surface area contributed by atoms with E-state index >= 15 is 0 Å². The van der Waals surface area contributed by atoms with Crippen molar-refractivity contribution in [2.75, 3.05) is 38.2 Å². The number of nitrogens with one attached hydrogen (secondary N) is 1. The number of rotatable bonds is 16. The summed E-state index contributed by atoms with van der Waals surface area (Å²) in [5.74, 6) is -2.86. The van der Waals surface area contributed by atoms with Crippen molar-refractivity contribution in [2.45, 2.75) is 40.2 Å². The van der Waals surface area contributed by atoms with Gasteiger partial charge in [0.25, 0.3) is 5.91 Å². The number of anilines is 1. The van der Waals surface area contributed by atoms with Crippen molar-refractivity contribution in [1.82, 2.24) is 5.32 Å². The van der Waals surface area contributed by atoms with Crippen molar-refractivity contribution in [2.24, 2.45) is 0 Å². The van der Waals surface area contributed by atoms with Crippen molar-refractivity contribution in [3.8, 4) is 0 Å². The highest BCUT2D eigenvalue weighted by molar-refractivity contribution is 7.48. The lowest BCUT2D eigenvalue weighted by molar-refractivity contribution is -0.151. The molecule has 0 aliphatic rings. The molecule has 1 atom stereocenters. The maximum Gasteiger partial charge on any atom is 0.480 e. The Labute approximate surface area is 252 Å². The van der Waals surface area contributed by atoms with Gasteiger partial charge in [-0.05, 0) is 56.2 Å². The third-order valence-corrected chi connectivity index (χ3v) is 7.49. The van der Waals surface area contributed by atoms with E-state index in [0.717, 1.165) is 32.6 Å². The summed E-state index contributed by atoms with van der Waals surface area (Å²) in [7, 11) is -4.54. The SMILES string of the molecule is CCN(CC)c1ccc2cc(C(=O)N[C@@H](COP(=O)(OCOC(C)=O)OCOC(C)=O)Cc3cccc(F)c3)c(=O)oc2c1. The van der Waals surface area contributed by atoms with Crippen molar-refractivity contribution in [1.29, 1.82) is 0 Å². The number of esters is 2.